The zero-order valence-corrected chi connectivity index (χ0v) is 16.6. The molecular formula is C23H27N3O3. The highest BCUT2D eigenvalue weighted by Crippen LogP contribution is 2.30. The SMILES string of the molecule is CC(CCc1ccc2c(c1)CCO2)NC1CCn2c(=O)[nH]c3cccc(c32)C1O. The van der Waals surface area contributed by atoms with Gasteiger partial charge in [-0.1, -0.05) is 24.3 Å². The van der Waals surface area contributed by atoms with Gasteiger partial charge in [-0.25, -0.2) is 4.79 Å². The van der Waals surface area contributed by atoms with Gasteiger partial charge in [0.15, 0.2) is 0 Å². The van der Waals surface area contributed by atoms with Crippen molar-refractivity contribution in [2.45, 2.75) is 57.3 Å². The van der Waals surface area contributed by atoms with E-state index in [2.05, 4.69) is 35.4 Å². The van der Waals surface area contributed by atoms with Crippen molar-refractivity contribution < 1.29 is 9.84 Å². The molecule has 3 atom stereocenters. The fourth-order valence-electron chi connectivity index (χ4n) is 4.74. The molecule has 0 radical (unpaired) electrons. The van der Waals surface area contributed by atoms with E-state index in [9.17, 15) is 9.90 Å². The quantitative estimate of drug-likeness (QED) is 0.623. The molecular weight excluding hydrogens is 366 g/mol. The van der Waals surface area contributed by atoms with Gasteiger partial charge in [0.05, 0.1) is 23.7 Å². The van der Waals surface area contributed by atoms with E-state index in [1.165, 1.54) is 11.1 Å². The van der Waals surface area contributed by atoms with Crippen LogP contribution in [0, 0.1) is 0 Å². The first-order chi connectivity index (χ1) is 14.1. The molecule has 3 unspecified atom stereocenters. The number of imidazole rings is 1. The number of aliphatic hydroxyl groups excluding tert-OH is 1. The summed E-state index contributed by atoms with van der Waals surface area (Å²) in [4.78, 5) is 15.2. The third-order valence-corrected chi connectivity index (χ3v) is 6.31. The summed E-state index contributed by atoms with van der Waals surface area (Å²) in [5.74, 6) is 1.02. The molecule has 6 nitrogen and oxygen atoms in total. The predicted octanol–water partition coefficient (Wildman–Crippen LogP) is 2.68. The molecule has 2 aromatic carbocycles. The van der Waals surface area contributed by atoms with Gasteiger partial charge >= 0.3 is 5.69 Å². The van der Waals surface area contributed by atoms with Gasteiger partial charge in [-0.2, -0.15) is 0 Å². The van der Waals surface area contributed by atoms with Crippen molar-refractivity contribution in [2.75, 3.05) is 6.61 Å². The van der Waals surface area contributed by atoms with E-state index in [4.69, 9.17) is 4.74 Å². The number of aliphatic hydroxyl groups is 1. The average Bonchev–Trinajstić information content (AvgIpc) is 3.28. The van der Waals surface area contributed by atoms with E-state index in [1.807, 2.05) is 18.2 Å². The van der Waals surface area contributed by atoms with Crippen molar-refractivity contribution in [1.82, 2.24) is 14.9 Å². The molecule has 29 heavy (non-hydrogen) atoms. The van der Waals surface area contributed by atoms with Gasteiger partial charge in [0.1, 0.15) is 5.75 Å². The number of nitrogens with one attached hydrogen (secondary N) is 2. The van der Waals surface area contributed by atoms with E-state index in [-0.39, 0.29) is 17.8 Å². The van der Waals surface area contributed by atoms with Crippen LogP contribution >= 0.6 is 0 Å². The Labute approximate surface area is 169 Å². The number of ether oxygens (including phenoxy) is 1. The van der Waals surface area contributed by atoms with E-state index < -0.39 is 6.10 Å². The second-order valence-electron chi connectivity index (χ2n) is 8.31. The Hall–Kier alpha value is -2.57. The Bertz CT molecular complexity index is 1100. The van der Waals surface area contributed by atoms with Crippen molar-refractivity contribution in [2.24, 2.45) is 0 Å². The first-order valence-electron chi connectivity index (χ1n) is 10.5. The summed E-state index contributed by atoms with van der Waals surface area (Å²) >= 11 is 0. The number of fused-ring (bicyclic) bond motifs is 1. The molecule has 3 heterocycles. The molecule has 3 aromatic rings. The smallest absolute Gasteiger partial charge is 0.326 e. The maximum absolute atomic E-state index is 12.3. The van der Waals surface area contributed by atoms with E-state index >= 15 is 0 Å². The lowest BCUT2D eigenvalue weighted by Gasteiger charge is -2.26. The van der Waals surface area contributed by atoms with E-state index in [1.54, 1.807) is 4.57 Å². The molecule has 0 amide bonds. The highest BCUT2D eigenvalue weighted by Gasteiger charge is 2.29. The largest absolute Gasteiger partial charge is 0.493 e. The molecule has 0 saturated carbocycles. The van der Waals surface area contributed by atoms with Crippen molar-refractivity contribution in [3.05, 3.63) is 63.6 Å². The zero-order valence-electron chi connectivity index (χ0n) is 16.6. The number of aromatic nitrogens is 2. The van der Waals surface area contributed by atoms with Crippen LogP contribution in [0.4, 0.5) is 0 Å². The molecule has 0 saturated heterocycles. The summed E-state index contributed by atoms with van der Waals surface area (Å²) in [7, 11) is 0. The summed E-state index contributed by atoms with van der Waals surface area (Å²) in [6.45, 7) is 3.55. The van der Waals surface area contributed by atoms with Crippen LogP contribution in [0.2, 0.25) is 0 Å². The number of aryl methyl sites for hydroxylation is 2. The van der Waals surface area contributed by atoms with Crippen LogP contribution < -0.4 is 15.7 Å². The van der Waals surface area contributed by atoms with E-state index in [0.29, 0.717) is 13.0 Å². The van der Waals surface area contributed by atoms with Gasteiger partial charge in [0.25, 0.3) is 0 Å². The molecule has 1 aromatic heterocycles. The molecule has 3 N–H and O–H groups in total. The Morgan fingerprint density at radius 1 is 1.34 bits per heavy atom. The molecule has 0 fully saturated rings. The summed E-state index contributed by atoms with van der Waals surface area (Å²) in [5, 5.41) is 14.7. The van der Waals surface area contributed by atoms with Crippen molar-refractivity contribution >= 4 is 11.0 Å². The highest BCUT2D eigenvalue weighted by molar-refractivity contribution is 5.79. The summed E-state index contributed by atoms with van der Waals surface area (Å²) < 4.78 is 7.35. The van der Waals surface area contributed by atoms with Gasteiger partial charge in [-0.05, 0) is 49.4 Å². The van der Waals surface area contributed by atoms with Crippen molar-refractivity contribution in [1.29, 1.82) is 0 Å². The van der Waals surface area contributed by atoms with Crippen LogP contribution in [-0.2, 0) is 19.4 Å². The summed E-state index contributed by atoms with van der Waals surface area (Å²) in [5.41, 5.74) is 4.98. The van der Waals surface area contributed by atoms with Crippen molar-refractivity contribution in [3.63, 3.8) is 0 Å². The standard InChI is InChI=1S/C23H27N3O3/c1-14(5-6-15-7-8-20-16(13-15)10-12-29-20)24-19-9-11-26-21-17(22(19)27)3-2-4-18(21)25-23(26)28/h2-4,7-8,13-14,19,22,24,27H,5-6,9-12H2,1H3,(H,25,28). The number of aromatic amines is 1. The first-order valence-corrected chi connectivity index (χ1v) is 10.5. The number of para-hydroxylation sites is 1. The van der Waals surface area contributed by atoms with Crippen LogP contribution in [-0.4, -0.2) is 33.3 Å². The average molecular weight is 393 g/mol. The molecule has 0 bridgehead atoms. The molecule has 5 rings (SSSR count). The Morgan fingerprint density at radius 3 is 3.14 bits per heavy atom. The number of H-pyrrole nitrogens is 1. The molecule has 6 heteroatoms. The predicted molar refractivity (Wildman–Crippen MR) is 112 cm³/mol. The third kappa shape index (κ3) is 3.36. The minimum Gasteiger partial charge on any atom is -0.493 e. The minimum absolute atomic E-state index is 0.0803. The monoisotopic (exact) mass is 393 g/mol. The van der Waals surface area contributed by atoms with Crippen LogP contribution in [0.25, 0.3) is 11.0 Å². The number of benzene rings is 2. The maximum Gasteiger partial charge on any atom is 0.326 e. The fraction of sp³-hybridized carbons (Fsp3) is 0.435. The highest BCUT2D eigenvalue weighted by atomic mass is 16.5. The second kappa shape index (κ2) is 7.35. The zero-order chi connectivity index (χ0) is 20.0. The summed E-state index contributed by atoms with van der Waals surface area (Å²) in [6.07, 6.45) is 3.04. The van der Waals surface area contributed by atoms with Gasteiger partial charge in [0, 0.05) is 30.6 Å². The molecule has 2 aliphatic rings. The Balaban J connectivity index is 1.27. The maximum atomic E-state index is 12.3. The van der Waals surface area contributed by atoms with Crippen LogP contribution in [0.15, 0.2) is 41.2 Å². The lowest BCUT2D eigenvalue weighted by molar-refractivity contribution is 0.119. The van der Waals surface area contributed by atoms with Gasteiger partial charge < -0.3 is 20.1 Å². The number of hydrogen-bond acceptors (Lipinski definition) is 4. The minimum atomic E-state index is -0.637. The van der Waals surface area contributed by atoms with Gasteiger partial charge in [-0.3, -0.25) is 4.57 Å². The Kier molecular flexibility index (Phi) is 4.68. The molecule has 152 valence electrons. The topological polar surface area (TPSA) is 79.3 Å². The molecule has 0 aliphatic carbocycles. The van der Waals surface area contributed by atoms with Gasteiger partial charge in [0.2, 0.25) is 0 Å². The lowest BCUT2D eigenvalue weighted by atomic mass is 9.97. The molecule has 0 spiro atoms. The van der Waals surface area contributed by atoms with Crippen LogP contribution in [0.5, 0.6) is 5.75 Å². The molecule has 2 aliphatic heterocycles. The van der Waals surface area contributed by atoms with Crippen LogP contribution in [0.3, 0.4) is 0 Å². The van der Waals surface area contributed by atoms with Crippen molar-refractivity contribution in [3.8, 4) is 5.75 Å². The number of hydrogen-bond donors (Lipinski definition) is 3. The van der Waals surface area contributed by atoms with Crippen LogP contribution in [0.1, 0.15) is 42.6 Å². The lowest BCUT2D eigenvalue weighted by Crippen LogP contribution is -2.41. The first kappa shape index (κ1) is 18.5. The summed E-state index contributed by atoms with van der Waals surface area (Å²) in [6, 6.07) is 12.4. The number of nitrogens with zero attached hydrogens (tertiary/aromatic N) is 1. The Morgan fingerprint density at radius 2 is 2.24 bits per heavy atom. The third-order valence-electron chi connectivity index (χ3n) is 6.31. The van der Waals surface area contributed by atoms with Gasteiger partial charge in [-0.15, -0.1) is 0 Å². The second-order valence-corrected chi connectivity index (χ2v) is 8.31. The number of rotatable bonds is 5. The van der Waals surface area contributed by atoms with E-state index in [0.717, 1.165) is 48.2 Å². The fourth-order valence-corrected chi connectivity index (χ4v) is 4.74. The normalized spacial score (nSPS) is 21.6.